The van der Waals surface area contributed by atoms with Gasteiger partial charge >= 0.3 is 6.01 Å². The van der Waals surface area contributed by atoms with Gasteiger partial charge in [-0.15, -0.1) is 17.5 Å². The van der Waals surface area contributed by atoms with Gasteiger partial charge in [-0.05, 0) is 50.5 Å². The van der Waals surface area contributed by atoms with Gasteiger partial charge in [0.1, 0.15) is 0 Å². The molecule has 0 unspecified atom stereocenters. The average molecular weight is 287 g/mol. The molecular weight excluding hydrogens is 264 g/mol. The molecule has 2 fully saturated rings. The number of aryl methyl sites for hydroxylation is 1. The Bertz CT molecular complexity index is 398. The fourth-order valence-electron chi connectivity index (χ4n) is 3.41. The number of aromatic nitrogens is 2. The quantitative estimate of drug-likeness (QED) is 0.785. The molecule has 2 saturated carbocycles. The van der Waals surface area contributed by atoms with E-state index in [0.29, 0.717) is 12.1 Å². The zero-order valence-corrected chi connectivity index (χ0v) is 12.0. The van der Waals surface area contributed by atoms with Crippen LogP contribution in [-0.2, 0) is 6.42 Å². The predicted octanol–water partition coefficient (Wildman–Crippen LogP) is 2.37. The van der Waals surface area contributed by atoms with Crippen LogP contribution in [0, 0.1) is 11.8 Å². The van der Waals surface area contributed by atoms with Crippen molar-refractivity contribution < 1.29 is 4.42 Å². The predicted molar refractivity (Wildman–Crippen MR) is 76.4 cm³/mol. The van der Waals surface area contributed by atoms with Crippen LogP contribution in [0.15, 0.2) is 4.42 Å². The van der Waals surface area contributed by atoms with Crippen LogP contribution in [0.2, 0.25) is 0 Å². The van der Waals surface area contributed by atoms with E-state index in [9.17, 15) is 0 Å². The Labute approximate surface area is 120 Å². The van der Waals surface area contributed by atoms with E-state index in [0.717, 1.165) is 43.5 Å². The summed E-state index contributed by atoms with van der Waals surface area (Å²) in [6.07, 6.45) is 8.30. The first-order valence-corrected chi connectivity index (χ1v) is 7.14. The van der Waals surface area contributed by atoms with E-state index >= 15 is 0 Å². The van der Waals surface area contributed by atoms with Gasteiger partial charge < -0.3 is 15.5 Å². The topological polar surface area (TPSA) is 77.0 Å². The molecule has 2 aliphatic rings. The molecule has 1 heterocycles. The Morgan fingerprint density at radius 3 is 2.79 bits per heavy atom. The second kappa shape index (κ2) is 6.57. The minimum absolute atomic E-state index is 0. The largest absolute Gasteiger partial charge is 0.408 e. The van der Waals surface area contributed by atoms with Crippen molar-refractivity contribution in [3.63, 3.8) is 0 Å². The molecule has 5 nitrogen and oxygen atoms in total. The van der Waals surface area contributed by atoms with Crippen LogP contribution in [-0.4, -0.2) is 22.8 Å². The summed E-state index contributed by atoms with van der Waals surface area (Å²) in [5, 5.41) is 11.6. The first-order valence-electron chi connectivity index (χ1n) is 7.14. The third kappa shape index (κ3) is 3.39. The number of anilines is 1. The van der Waals surface area contributed by atoms with Crippen molar-refractivity contribution in [1.29, 1.82) is 0 Å². The molecule has 19 heavy (non-hydrogen) atoms. The van der Waals surface area contributed by atoms with Crippen molar-refractivity contribution in [3.8, 4) is 0 Å². The van der Waals surface area contributed by atoms with Gasteiger partial charge in [-0.3, -0.25) is 0 Å². The Hall–Kier alpha value is -0.810. The summed E-state index contributed by atoms with van der Waals surface area (Å²) in [4.78, 5) is 0. The number of hydrogen-bond acceptors (Lipinski definition) is 5. The number of fused-ring (bicyclic) bond motifs is 2. The van der Waals surface area contributed by atoms with E-state index in [2.05, 4.69) is 15.5 Å². The highest BCUT2D eigenvalue weighted by Gasteiger charge is 2.40. The lowest BCUT2D eigenvalue weighted by Gasteiger charge is -2.21. The zero-order valence-electron chi connectivity index (χ0n) is 11.2. The van der Waals surface area contributed by atoms with E-state index < -0.39 is 0 Å². The highest BCUT2D eigenvalue weighted by atomic mass is 35.5. The lowest BCUT2D eigenvalue weighted by Crippen LogP contribution is -2.25. The van der Waals surface area contributed by atoms with Gasteiger partial charge in [0.15, 0.2) is 0 Å². The highest BCUT2D eigenvalue weighted by Crippen LogP contribution is 2.45. The van der Waals surface area contributed by atoms with Gasteiger partial charge in [-0.1, -0.05) is 11.5 Å². The third-order valence-electron chi connectivity index (χ3n) is 4.36. The number of hydrogen-bond donors (Lipinski definition) is 2. The minimum atomic E-state index is 0. The fraction of sp³-hybridized carbons (Fsp3) is 0.846. The number of nitrogens with zero attached hydrogens (tertiary/aromatic N) is 2. The van der Waals surface area contributed by atoms with Crippen molar-refractivity contribution in [2.75, 3.05) is 11.9 Å². The third-order valence-corrected chi connectivity index (χ3v) is 4.36. The number of rotatable bonds is 6. The van der Waals surface area contributed by atoms with Crippen molar-refractivity contribution in [3.05, 3.63) is 5.89 Å². The second-order valence-electron chi connectivity index (χ2n) is 5.67. The molecule has 3 atom stereocenters. The standard InChI is InChI=1S/C13H22N4O.ClH/c14-6-2-1-3-12-16-17-13(18-12)15-11-8-9-4-5-10(11)7-9;/h9-11H,1-8,14H2,(H,15,17);1H/t9-,10+,11-;/m1./s1. The van der Waals surface area contributed by atoms with E-state index in [-0.39, 0.29) is 12.4 Å². The maximum Gasteiger partial charge on any atom is 0.315 e. The molecule has 3 rings (SSSR count). The normalized spacial score (nSPS) is 28.4. The molecule has 0 spiro atoms. The average Bonchev–Trinajstić information content (AvgIpc) is 3.06. The second-order valence-corrected chi connectivity index (χ2v) is 5.67. The van der Waals surface area contributed by atoms with E-state index in [1.54, 1.807) is 0 Å². The van der Waals surface area contributed by atoms with Gasteiger partial charge in [-0.25, -0.2) is 0 Å². The molecule has 2 aliphatic carbocycles. The smallest absolute Gasteiger partial charge is 0.315 e. The summed E-state index contributed by atoms with van der Waals surface area (Å²) in [7, 11) is 0. The first kappa shape index (κ1) is 14.6. The van der Waals surface area contributed by atoms with Crippen molar-refractivity contribution in [2.24, 2.45) is 17.6 Å². The van der Waals surface area contributed by atoms with E-state index in [1.165, 1.54) is 25.7 Å². The molecule has 0 amide bonds. The van der Waals surface area contributed by atoms with E-state index in [4.69, 9.17) is 10.2 Å². The highest BCUT2D eigenvalue weighted by molar-refractivity contribution is 5.85. The lowest BCUT2D eigenvalue weighted by molar-refractivity contribution is 0.421. The van der Waals surface area contributed by atoms with Crippen LogP contribution >= 0.6 is 12.4 Å². The van der Waals surface area contributed by atoms with Crippen molar-refractivity contribution in [2.45, 2.75) is 51.0 Å². The van der Waals surface area contributed by atoms with Crippen LogP contribution in [0.3, 0.4) is 0 Å². The monoisotopic (exact) mass is 286 g/mol. The Morgan fingerprint density at radius 1 is 1.21 bits per heavy atom. The fourth-order valence-corrected chi connectivity index (χ4v) is 3.41. The van der Waals surface area contributed by atoms with Crippen LogP contribution in [0.5, 0.6) is 0 Å². The summed E-state index contributed by atoms with van der Waals surface area (Å²) in [6, 6.07) is 1.16. The molecular formula is C13H23ClN4O. The van der Waals surface area contributed by atoms with Crippen LogP contribution in [0.4, 0.5) is 6.01 Å². The number of nitrogens with one attached hydrogen (secondary N) is 1. The maximum absolute atomic E-state index is 5.63. The summed E-state index contributed by atoms with van der Waals surface area (Å²) < 4.78 is 5.63. The number of halogens is 1. The van der Waals surface area contributed by atoms with Gasteiger partial charge in [0.05, 0.1) is 0 Å². The molecule has 1 aromatic rings. The zero-order chi connectivity index (χ0) is 12.4. The first-order chi connectivity index (χ1) is 8.85. The number of unbranched alkanes of at least 4 members (excludes halogenated alkanes) is 1. The molecule has 2 bridgehead atoms. The Morgan fingerprint density at radius 2 is 2.11 bits per heavy atom. The summed E-state index contributed by atoms with van der Waals surface area (Å²) in [5.41, 5.74) is 5.46. The summed E-state index contributed by atoms with van der Waals surface area (Å²) in [5.74, 6) is 2.48. The summed E-state index contributed by atoms with van der Waals surface area (Å²) in [6.45, 7) is 0.727. The van der Waals surface area contributed by atoms with Gasteiger partial charge in [-0.2, -0.15) is 0 Å². The number of nitrogens with two attached hydrogens (primary N) is 1. The van der Waals surface area contributed by atoms with Gasteiger partial charge in [0, 0.05) is 12.5 Å². The molecule has 3 N–H and O–H groups in total. The molecule has 1 aromatic heterocycles. The summed E-state index contributed by atoms with van der Waals surface area (Å²) >= 11 is 0. The van der Waals surface area contributed by atoms with E-state index in [1.807, 2.05) is 0 Å². The van der Waals surface area contributed by atoms with Crippen LogP contribution in [0.1, 0.15) is 44.4 Å². The molecule has 0 aliphatic heterocycles. The van der Waals surface area contributed by atoms with Crippen molar-refractivity contribution >= 4 is 18.4 Å². The molecule has 0 aromatic carbocycles. The minimum Gasteiger partial charge on any atom is -0.408 e. The lowest BCUT2D eigenvalue weighted by atomic mass is 9.96. The van der Waals surface area contributed by atoms with Crippen LogP contribution in [0.25, 0.3) is 0 Å². The van der Waals surface area contributed by atoms with Gasteiger partial charge in [0.25, 0.3) is 0 Å². The van der Waals surface area contributed by atoms with Gasteiger partial charge in [0.2, 0.25) is 5.89 Å². The SMILES string of the molecule is Cl.NCCCCc1nnc(N[C@@H]2C[C@@H]3CC[C@H]2C3)o1. The Balaban J connectivity index is 0.00000133. The molecule has 6 heteroatoms. The van der Waals surface area contributed by atoms with Crippen LogP contribution < -0.4 is 11.1 Å². The molecule has 0 radical (unpaired) electrons. The Kier molecular flexibility index (Phi) is 5.05. The van der Waals surface area contributed by atoms with Crippen molar-refractivity contribution in [1.82, 2.24) is 10.2 Å². The molecule has 108 valence electrons. The molecule has 0 saturated heterocycles. The maximum atomic E-state index is 5.63.